The van der Waals surface area contributed by atoms with Crippen LogP contribution in [0.15, 0.2) is 24.3 Å². The van der Waals surface area contributed by atoms with Crippen LogP contribution in [0.3, 0.4) is 0 Å². The molecule has 0 aliphatic carbocycles. The minimum Gasteiger partial charge on any atom is -0.466 e. The van der Waals surface area contributed by atoms with Gasteiger partial charge >= 0.3 is 12.1 Å². The summed E-state index contributed by atoms with van der Waals surface area (Å²) in [5.41, 5.74) is -0.174. The lowest BCUT2D eigenvalue weighted by atomic mass is 9.88. The first kappa shape index (κ1) is 14.8. The molecule has 0 unspecified atom stereocenters. The Balaban J connectivity index is 2.24. The second kappa shape index (κ2) is 5.83. The van der Waals surface area contributed by atoms with Crippen LogP contribution in [0.5, 0.6) is 0 Å². The Labute approximate surface area is 115 Å². The fourth-order valence-corrected chi connectivity index (χ4v) is 2.47. The van der Waals surface area contributed by atoms with Gasteiger partial charge in [0.1, 0.15) is 0 Å². The summed E-state index contributed by atoms with van der Waals surface area (Å²) in [7, 11) is 0. The zero-order valence-corrected chi connectivity index (χ0v) is 11.0. The molecular weight excluding hydrogens is 271 g/mol. The molecular formula is C14H16F3NO2. The zero-order valence-electron chi connectivity index (χ0n) is 11.0. The lowest BCUT2D eigenvalue weighted by Gasteiger charge is -2.18. The Morgan fingerprint density at radius 2 is 2.15 bits per heavy atom. The molecule has 1 aromatic carbocycles. The van der Waals surface area contributed by atoms with Gasteiger partial charge in [0, 0.05) is 19.0 Å². The maximum atomic E-state index is 12.7. The van der Waals surface area contributed by atoms with Crippen LogP contribution in [0.2, 0.25) is 0 Å². The Morgan fingerprint density at radius 3 is 2.80 bits per heavy atom. The molecule has 6 heteroatoms. The van der Waals surface area contributed by atoms with Crippen LogP contribution < -0.4 is 5.32 Å². The molecule has 1 heterocycles. The van der Waals surface area contributed by atoms with Crippen molar-refractivity contribution in [2.45, 2.75) is 19.0 Å². The molecule has 3 nitrogen and oxygen atoms in total. The molecule has 1 aliphatic rings. The van der Waals surface area contributed by atoms with E-state index in [2.05, 4.69) is 5.32 Å². The van der Waals surface area contributed by atoms with E-state index >= 15 is 0 Å². The summed E-state index contributed by atoms with van der Waals surface area (Å²) >= 11 is 0. The molecule has 1 aromatic rings. The van der Waals surface area contributed by atoms with Crippen LogP contribution in [0.25, 0.3) is 0 Å². The third-order valence-electron chi connectivity index (χ3n) is 3.45. The van der Waals surface area contributed by atoms with Crippen molar-refractivity contribution in [2.24, 2.45) is 5.92 Å². The third kappa shape index (κ3) is 3.12. The second-order valence-corrected chi connectivity index (χ2v) is 4.75. The Hall–Kier alpha value is -1.56. The summed E-state index contributed by atoms with van der Waals surface area (Å²) in [6.45, 7) is 2.88. The molecule has 2 atom stereocenters. The molecule has 20 heavy (non-hydrogen) atoms. The van der Waals surface area contributed by atoms with Crippen molar-refractivity contribution in [1.82, 2.24) is 5.32 Å². The summed E-state index contributed by atoms with van der Waals surface area (Å²) in [5, 5.41) is 3.04. The molecule has 0 aromatic heterocycles. The summed E-state index contributed by atoms with van der Waals surface area (Å²) in [6.07, 6.45) is -4.37. The number of esters is 1. The van der Waals surface area contributed by atoms with E-state index in [9.17, 15) is 18.0 Å². The first-order valence-electron chi connectivity index (χ1n) is 6.48. The SMILES string of the molecule is CCOC(=O)[C@@H]1CNC[C@H]1c1cccc(C(F)(F)F)c1. The van der Waals surface area contributed by atoms with Crippen molar-refractivity contribution < 1.29 is 22.7 Å². The van der Waals surface area contributed by atoms with Crippen molar-refractivity contribution in [3.8, 4) is 0 Å². The van der Waals surface area contributed by atoms with E-state index in [1.54, 1.807) is 13.0 Å². The number of hydrogen-bond donors (Lipinski definition) is 1. The number of carbonyl (C=O) groups excluding carboxylic acids is 1. The minimum atomic E-state index is -4.37. The quantitative estimate of drug-likeness (QED) is 0.868. The van der Waals surface area contributed by atoms with E-state index in [-0.39, 0.29) is 18.5 Å². The van der Waals surface area contributed by atoms with Gasteiger partial charge in [0.25, 0.3) is 0 Å². The molecule has 1 fully saturated rings. The average molecular weight is 287 g/mol. The van der Waals surface area contributed by atoms with Crippen molar-refractivity contribution in [1.29, 1.82) is 0 Å². The summed E-state index contributed by atoms with van der Waals surface area (Å²) in [5.74, 6) is -1.07. The molecule has 0 saturated carbocycles. The number of nitrogens with one attached hydrogen (secondary N) is 1. The number of halogens is 3. The van der Waals surface area contributed by atoms with Gasteiger partial charge in [0.15, 0.2) is 0 Å². The largest absolute Gasteiger partial charge is 0.466 e. The fraction of sp³-hybridized carbons (Fsp3) is 0.500. The number of hydrogen-bond acceptors (Lipinski definition) is 3. The lowest BCUT2D eigenvalue weighted by Crippen LogP contribution is -2.24. The van der Waals surface area contributed by atoms with Gasteiger partial charge in [-0.25, -0.2) is 0 Å². The van der Waals surface area contributed by atoms with Crippen molar-refractivity contribution in [3.63, 3.8) is 0 Å². The number of alkyl halides is 3. The van der Waals surface area contributed by atoms with E-state index in [1.807, 2.05) is 0 Å². The molecule has 0 bridgehead atoms. The van der Waals surface area contributed by atoms with E-state index in [0.29, 0.717) is 18.7 Å². The first-order valence-corrected chi connectivity index (χ1v) is 6.48. The van der Waals surface area contributed by atoms with Crippen LogP contribution >= 0.6 is 0 Å². The number of carbonyl (C=O) groups is 1. The Kier molecular flexibility index (Phi) is 4.32. The lowest BCUT2D eigenvalue weighted by molar-refractivity contribution is -0.147. The predicted octanol–water partition coefficient (Wildman–Crippen LogP) is 2.57. The summed E-state index contributed by atoms with van der Waals surface area (Å²) in [6, 6.07) is 5.15. The van der Waals surface area contributed by atoms with Crippen LogP contribution in [0.1, 0.15) is 24.0 Å². The van der Waals surface area contributed by atoms with Gasteiger partial charge < -0.3 is 10.1 Å². The average Bonchev–Trinajstić information content (AvgIpc) is 2.87. The molecule has 0 spiro atoms. The van der Waals surface area contributed by atoms with E-state index < -0.39 is 17.7 Å². The molecule has 0 amide bonds. The van der Waals surface area contributed by atoms with Gasteiger partial charge in [0.05, 0.1) is 18.1 Å². The van der Waals surface area contributed by atoms with E-state index in [1.165, 1.54) is 6.07 Å². The molecule has 110 valence electrons. The van der Waals surface area contributed by atoms with Crippen LogP contribution in [0, 0.1) is 5.92 Å². The molecule has 1 N–H and O–H groups in total. The number of rotatable bonds is 3. The molecule has 0 radical (unpaired) electrons. The van der Waals surface area contributed by atoms with E-state index in [0.717, 1.165) is 12.1 Å². The van der Waals surface area contributed by atoms with Gasteiger partial charge in [-0.3, -0.25) is 4.79 Å². The Bertz CT molecular complexity index is 488. The highest BCUT2D eigenvalue weighted by atomic mass is 19.4. The van der Waals surface area contributed by atoms with Gasteiger partial charge in [0.2, 0.25) is 0 Å². The van der Waals surface area contributed by atoms with Crippen LogP contribution in [0.4, 0.5) is 13.2 Å². The highest BCUT2D eigenvalue weighted by Gasteiger charge is 2.37. The predicted molar refractivity (Wildman–Crippen MR) is 67.2 cm³/mol. The number of ether oxygens (including phenoxy) is 1. The zero-order chi connectivity index (χ0) is 14.8. The van der Waals surface area contributed by atoms with Gasteiger partial charge in [-0.1, -0.05) is 18.2 Å². The third-order valence-corrected chi connectivity index (χ3v) is 3.45. The molecule has 1 aliphatic heterocycles. The normalized spacial score (nSPS) is 22.8. The molecule has 1 saturated heterocycles. The second-order valence-electron chi connectivity index (χ2n) is 4.75. The molecule has 2 rings (SSSR count). The maximum absolute atomic E-state index is 12.7. The van der Waals surface area contributed by atoms with Crippen LogP contribution in [-0.4, -0.2) is 25.7 Å². The first-order chi connectivity index (χ1) is 9.43. The monoisotopic (exact) mass is 287 g/mol. The highest BCUT2D eigenvalue weighted by Crippen LogP contribution is 2.34. The maximum Gasteiger partial charge on any atom is 0.416 e. The van der Waals surface area contributed by atoms with Gasteiger partial charge in [-0.15, -0.1) is 0 Å². The Morgan fingerprint density at radius 1 is 1.40 bits per heavy atom. The van der Waals surface area contributed by atoms with E-state index in [4.69, 9.17) is 4.74 Å². The van der Waals surface area contributed by atoms with Gasteiger partial charge in [-0.2, -0.15) is 13.2 Å². The minimum absolute atomic E-state index is 0.268. The van der Waals surface area contributed by atoms with Crippen molar-refractivity contribution in [3.05, 3.63) is 35.4 Å². The van der Waals surface area contributed by atoms with Gasteiger partial charge in [-0.05, 0) is 18.6 Å². The fourth-order valence-electron chi connectivity index (χ4n) is 2.47. The van der Waals surface area contributed by atoms with Crippen molar-refractivity contribution in [2.75, 3.05) is 19.7 Å². The topological polar surface area (TPSA) is 38.3 Å². The smallest absolute Gasteiger partial charge is 0.416 e. The van der Waals surface area contributed by atoms with Crippen molar-refractivity contribution >= 4 is 5.97 Å². The standard InChI is InChI=1S/C14H16F3NO2/c1-2-20-13(19)12-8-18-7-11(12)9-4-3-5-10(6-9)14(15,16)17/h3-6,11-12,18H,2,7-8H2,1H3/t11-,12+/m0/s1. The summed E-state index contributed by atoms with van der Waals surface area (Å²) < 4.78 is 43.1. The number of benzene rings is 1. The van der Waals surface area contributed by atoms with Crippen LogP contribution in [-0.2, 0) is 15.7 Å². The summed E-state index contributed by atoms with van der Waals surface area (Å²) in [4.78, 5) is 11.8. The highest BCUT2D eigenvalue weighted by molar-refractivity contribution is 5.74.